The van der Waals surface area contributed by atoms with E-state index in [1.807, 2.05) is 32.0 Å². The van der Waals surface area contributed by atoms with E-state index in [4.69, 9.17) is 21.1 Å². The fourth-order valence-corrected chi connectivity index (χ4v) is 5.34. The molecule has 3 aromatic carbocycles. The van der Waals surface area contributed by atoms with Crippen molar-refractivity contribution in [2.75, 3.05) is 36.9 Å². The van der Waals surface area contributed by atoms with Crippen LogP contribution in [0.15, 0.2) is 65.1 Å². The van der Waals surface area contributed by atoms with Crippen molar-refractivity contribution in [1.82, 2.24) is 4.90 Å². The van der Waals surface area contributed by atoms with Gasteiger partial charge in [-0.05, 0) is 62.4 Å². The Kier molecular flexibility index (Phi) is 9.53. The fourth-order valence-electron chi connectivity index (χ4n) is 4.51. The molecular formula is C29H31BrClN3O4. The van der Waals surface area contributed by atoms with Crippen molar-refractivity contribution in [3.05, 3.63) is 81.3 Å². The van der Waals surface area contributed by atoms with E-state index in [1.54, 1.807) is 41.3 Å². The number of hydrogen-bond acceptors (Lipinski definition) is 4. The van der Waals surface area contributed by atoms with E-state index in [0.717, 1.165) is 27.9 Å². The molecule has 1 aliphatic heterocycles. The number of carbonyl (C=O) groups is 2. The average Bonchev–Trinajstić information content (AvgIpc) is 2.92. The molecule has 0 aromatic heterocycles. The second-order valence-corrected chi connectivity index (χ2v) is 10.2. The molecule has 0 spiro atoms. The summed E-state index contributed by atoms with van der Waals surface area (Å²) in [5.41, 5.74) is 2.59. The molecule has 1 heterocycles. The predicted molar refractivity (Wildman–Crippen MR) is 155 cm³/mol. The number of piperidine rings is 1. The normalized spacial score (nSPS) is 13.6. The number of likely N-dealkylation sites (tertiary alicyclic amines) is 1. The molecule has 3 amide bonds. The van der Waals surface area contributed by atoms with Crippen LogP contribution in [0, 0.1) is 0 Å². The Morgan fingerprint density at radius 1 is 0.921 bits per heavy atom. The van der Waals surface area contributed by atoms with Crippen molar-refractivity contribution in [2.24, 2.45) is 0 Å². The first-order chi connectivity index (χ1) is 18.4. The minimum absolute atomic E-state index is 0.213. The number of urea groups is 1. The van der Waals surface area contributed by atoms with Gasteiger partial charge in [0.25, 0.3) is 5.91 Å². The van der Waals surface area contributed by atoms with Gasteiger partial charge in [-0.2, -0.15) is 0 Å². The lowest BCUT2D eigenvalue weighted by atomic mass is 9.89. The zero-order valence-electron chi connectivity index (χ0n) is 21.4. The molecule has 4 rings (SSSR count). The zero-order chi connectivity index (χ0) is 27.1. The Hall–Kier alpha value is -3.23. The van der Waals surface area contributed by atoms with Crippen molar-refractivity contribution in [2.45, 2.75) is 32.6 Å². The van der Waals surface area contributed by atoms with Crippen LogP contribution in [0.4, 0.5) is 16.2 Å². The maximum atomic E-state index is 13.2. The minimum atomic E-state index is -0.264. The fraction of sp³-hybridized carbons (Fsp3) is 0.310. The predicted octanol–water partition coefficient (Wildman–Crippen LogP) is 7.56. The third-order valence-electron chi connectivity index (χ3n) is 6.39. The summed E-state index contributed by atoms with van der Waals surface area (Å²) in [4.78, 5) is 27.8. The van der Waals surface area contributed by atoms with Crippen LogP contribution in [0.1, 0.15) is 48.5 Å². The van der Waals surface area contributed by atoms with E-state index >= 15 is 0 Å². The van der Waals surface area contributed by atoms with Gasteiger partial charge in [0.15, 0.2) is 0 Å². The second kappa shape index (κ2) is 13.0. The van der Waals surface area contributed by atoms with E-state index in [1.165, 1.54) is 0 Å². The van der Waals surface area contributed by atoms with Crippen LogP contribution in [0.5, 0.6) is 11.5 Å². The average molecular weight is 601 g/mol. The van der Waals surface area contributed by atoms with Crippen molar-refractivity contribution in [1.29, 1.82) is 0 Å². The first-order valence-corrected chi connectivity index (χ1v) is 13.9. The number of halogens is 2. The Bertz CT molecular complexity index is 1280. The van der Waals surface area contributed by atoms with Gasteiger partial charge in [-0.25, -0.2) is 4.79 Å². The van der Waals surface area contributed by atoms with E-state index < -0.39 is 0 Å². The largest absolute Gasteiger partial charge is 0.492 e. The highest BCUT2D eigenvalue weighted by Gasteiger charge is 2.26. The molecule has 7 nitrogen and oxygen atoms in total. The summed E-state index contributed by atoms with van der Waals surface area (Å²) in [6.07, 6.45) is 1.64. The van der Waals surface area contributed by atoms with Crippen LogP contribution in [-0.4, -0.2) is 43.1 Å². The summed E-state index contributed by atoms with van der Waals surface area (Å²) in [6.45, 7) is 5.72. The number of hydrogen-bond donors (Lipinski definition) is 2. The molecular weight excluding hydrogens is 570 g/mol. The number of anilines is 2. The molecule has 1 saturated heterocycles. The number of rotatable bonds is 8. The lowest BCUT2D eigenvalue weighted by Gasteiger charge is -2.32. The van der Waals surface area contributed by atoms with Crippen LogP contribution < -0.4 is 20.1 Å². The van der Waals surface area contributed by atoms with Crippen LogP contribution in [0.2, 0.25) is 5.02 Å². The monoisotopic (exact) mass is 599 g/mol. The SMILES string of the molecule is CCOc1cc(NC(=O)N2CCC(c3ccc(Br)cc3Cl)CC2)c(OCC)cc1NC(=O)c1ccccc1. The Balaban J connectivity index is 1.48. The number of benzene rings is 3. The summed E-state index contributed by atoms with van der Waals surface area (Å²) < 4.78 is 12.6. The number of nitrogens with zero attached hydrogens (tertiary/aromatic N) is 1. The smallest absolute Gasteiger partial charge is 0.321 e. The summed E-state index contributed by atoms with van der Waals surface area (Å²) >= 11 is 9.91. The summed E-state index contributed by atoms with van der Waals surface area (Å²) in [6, 6.07) is 18.1. The quantitative estimate of drug-likeness (QED) is 0.280. The van der Waals surface area contributed by atoms with Crippen molar-refractivity contribution in [3.8, 4) is 11.5 Å². The van der Waals surface area contributed by atoms with Gasteiger partial charge in [-0.1, -0.05) is 51.8 Å². The Morgan fingerprint density at radius 3 is 2.11 bits per heavy atom. The highest BCUT2D eigenvalue weighted by molar-refractivity contribution is 9.10. The van der Waals surface area contributed by atoms with E-state index in [9.17, 15) is 9.59 Å². The Morgan fingerprint density at radius 2 is 1.53 bits per heavy atom. The van der Waals surface area contributed by atoms with E-state index in [0.29, 0.717) is 60.7 Å². The molecule has 3 aromatic rings. The van der Waals surface area contributed by atoms with Gasteiger partial charge in [-0.3, -0.25) is 4.79 Å². The first kappa shape index (κ1) is 27.8. The zero-order valence-corrected chi connectivity index (χ0v) is 23.8. The molecule has 2 N–H and O–H groups in total. The highest BCUT2D eigenvalue weighted by Crippen LogP contribution is 2.38. The minimum Gasteiger partial charge on any atom is -0.492 e. The number of amides is 3. The molecule has 0 saturated carbocycles. The van der Waals surface area contributed by atoms with Gasteiger partial charge < -0.3 is 25.0 Å². The molecule has 1 aliphatic rings. The number of carbonyl (C=O) groups excluding carboxylic acids is 2. The van der Waals surface area contributed by atoms with Gasteiger partial charge >= 0.3 is 6.03 Å². The maximum absolute atomic E-state index is 13.2. The van der Waals surface area contributed by atoms with Crippen molar-refractivity contribution in [3.63, 3.8) is 0 Å². The van der Waals surface area contributed by atoms with Gasteiger partial charge in [0.1, 0.15) is 11.5 Å². The second-order valence-electron chi connectivity index (χ2n) is 8.89. The molecule has 200 valence electrons. The molecule has 9 heteroatoms. The Labute approximate surface area is 236 Å². The molecule has 0 aliphatic carbocycles. The van der Waals surface area contributed by atoms with Crippen LogP contribution in [0.25, 0.3) is 0 Å². The van der Waals surface area contributed by atoms with E-state index in [2.05, 4.69) is 32.6 Å². The molecule has 0 unspecified atom stereocenters. The molecule has 0 bridgehead atoms. The topological polar surface area (TPSA) is 79.9 Å². The van der Waals surface area contributed by atoms with Gasteiger partial charge in [0, 0.05) is 40.3 Å². The number of ether oxygens (including phenoxy) is 2. The summed E-state index contributed by atoms with van der Waals surface area (Å²) in [7, 11) is 0. The van der Waals surface area contributed by atoms with E-state index in [-0.39, 0.29) is 11.9 Å². The van der Waals surface area contributed by atoms with Crippen molar-refractivity contribution < 1.29 is 19.1 Å². The molecule has 1 fully saturated rings. The third-order valence-corrected chi connectivity index (χ3v) is 7.21. The van der Waals surface area contributed by atoms with Crippen molar-refractivity contribution >= 4 is 50.8 Å². The third kappa shape index (κ3) is 6.79. The van der Waals surface area contributed by atoms with Gasteiger partial charge in [-0.15, -0.1) is 0 Å². The first-order valence-electron chi connectivity index (χ1n) is 12.7. The van der Waals surface area contributed by atoms with Gasteiger partial charge in [0.05, 0.1) is 24.6 Å². The summed E-state index contributed by atoms with van der Waals surface area (Å²) in [5.74, 6) is 0.929. The van der Waals surface area contributed by atoms with Crippen LogP contribution in [-0.2, 0) is 0 Å². The molecule has 0 atom stereocenters. The van der Waals surface area contributed by atoms with Gasteiger partial charge in [0.2, 0.25) is 0 Å². The molecule has 38 heavy (non-hydrogen) atoms. The lowest BCUT2D eigenvalue weighted by molar-refractivity contribution is 0.102. The van der Waals surface area contributed by atoms with Crippen LogP contribution >= 0.6 is 27.5 Å². The number of nitrogens with one attached hydrogen (secondary N) is 2. The summed E-state index contributed by atoms with van der Waals surface area (Å²) in [5, 5.41) is 6.63. The van der Waals surface area contributed by atoms with Crippen LogP contribution in [0.3, 0.4) is 0 Å². The standard InChI is InChI=1S/C29H31BrClN3O4/c1-3-37-26-18-25(27(38-4-2)17-24(26)32-28(35)20-8-6-5-7-9-20)33-29(36)34-14-12-19(13-15-34)22-11-10-21(30)16-23(22)31/h5-11,16-19H,3-4,12-15H2,1-2H3,(H,32,35)(H,33,36). The maximum Gasteiger partial charge on any atom is 0.321 e. The lowest BCUT2D eigenvalue weighted by Crippen LogP contribution is -2.40. The molecule has 0 radical (unpaired) electrons. The highest BCUT2D eigenvalue weighted by atomic mass is 79.9.